The maximum atomic E-state index is 12.9. The standard InChI is InChI=1S/C23H32N4O11/c1-11(28)19(27-20(34)14(24)6-8-17(30)31)22(36)25-15(7-9-18(32)33)21(35)26-16(23(37)38)10-12-2-4-13(29)5-3-12/h2-5,11,14-16,19,28-29H,6-10,24H2,1H3,(H,25,36)(H,26,35)(H,27,34)(H,30,31)(H,32,33)(H,37,38). The molecule has 0 bridgehead atoms. The largest absolute Gasteiger partial charge is 0.508 e. The van der Waals surface area contributed by atoms with E-state index in [1.807, 2.05) is 0 Å². The number of amides is 3. The van der Waals surface area contributed by atoms with E-state index in [1.165, 1.54) is 24.3 Å². The average Bonchev–Trinajstić information content (AvgIpc) is 2.83. The molecule has 15 nitrogen and oxygen atoms in total. The van der Waals surface area contributed by atoms with Crippen LogP contribution in [0.5, 0.6) is 5.75 Å². The number of carboxylic acid groups (broad SMARTS) is 3. The maximum absolute atomic E-state index is 12.9. The molecule has 0 radical (unpaired) electrons. The highest BCUT2D eigenvalue weighted by Gasteiger charge is 2.32. The second-order valence-corrected chi connectivity index (χ2v) is 8.53. The predicted molar refractivity (Wildman–Crippen MR) is 129 cm³/mol. The Morgan fingerprint density at radius 3 is 1.82 bits per heavy atom. The van der Waals surface area contributed by atoms with Gasteiger partial charge in [-0.05, 0) is 37.5 Å². The first kappa shape index (κ1) is 31.8. The van der Waals surface area contributed by atoms with Gasteiger partial charge in [0.2, 0.25) is 17.7 Å². The van der Waals surface area contributed by atoms with Crippen molar-refractivity contribution in [1.29, 1.82) is 0 Å². The number of rotatable bonds is 16. The zero-order valence-corrected chi connectivity index (χ0v) is 20.5. The fourth-order valence-corrected chi connectivity index (χ4v) is 3.21. The van der Waals surface area contributed by atoms with Gasteiger partial charge in [-0.2, -0.15) is 0 Å². The van der Waals surface area contributed by atoms with Crippen molar-refractivity contribution >= 4 is 35.6 Å². The number of phenols is 1. The molecule has 0 fully saturated rings. The van der Waals surface area contributed by atoms with Gasteiger partial charge in [-0.3, -0.25) is 24.0 Å². The van der Waals surface area contributed by atoms with Gasteiger partial charge in [0.15, 0.2) is 0 Å². The Kier molecular flexibility index (Phi) is 12.6. The number of aliphatic carboxylic acids is 3. The van der Waals surface area contributed by atoms with E-state index in [9.17, 15) is 44.1 Å². The van der Waals surface area contributed by atoms with E-state index in [1.54, 1.807) is 0 Å². The molecule has 0 aliphatic carbocycles. The van der Waals surface area contributed by atoms with Gasteiger partial charge in [0, 0.05) is 19.3 Å². The van der Waals surface area contributed by atoms with Crippen molar-refractivity contribution in [2.75, 3.05) is 0 Å². The quantitative estimate of drug-likeness (QED) is 0.109. The Bertz CT molecular complexity index is 1010. The Balaban J connectivity index is 3.00. The Morgan fingerprint density at radius 2 is 1.32 bits per heavy atom. The first-order valence-electron chi connectivity index (χ1n) is 11.5. The summed E-state index contributed by atoms with van der Waals surface area (Å²) in [5, 5.41) is 53.3. The van der Waals surface area contributed by atoms with Gasteiger partial charge >= 0.3 is 17.9 Å². The van der Waals surface area contributed by atoms with Gasteiger partial charge in [0.05, 0.1) is 12.1 Å². The number of aromatic hydroxyl groups is 1. The number of aliphatic hydroxyl groups is 1. The fraction of sp³-hybridized carbons (Fsp3) is 0.478. The van der Waals surface area contributed by atoms with Crippen molar-refractivity contribution in [3.63, 3.8) is 0 Å². The summed E-state index contributed by atoms with van der Waals surface area (Å²) in [6, 6.07) is -0.465. The van der Waals surface area contributed by atoms with E-state index in [-0.39, 0.29) is 18.6 Å². The molecule has 0 saturated heterocycles. The number of phenolic OH excluding ortho intramolecular Hbond substituents is 1. The minimum Gasteiger partial charge on any atom is -0.508 e. The number of aliphatic hydroxyl groups excluding tert-OH is 1. The van der Waals surface area contributed by atoms with Crippen molar-refractivity contribution in [1.82, 2.24) is 16.0 Å². The van der Waals surface area contributed by atoms with Crippen molar-refractivity contribution in [2.45, 2.75) is 69.3 Å². The third-order valence-corrected chi connectivity index (χ3v) is 5.34. The average molecular weight is 541 g/mol. The van der Waals surface area contributed by atoms with Crippen LogP contribution in [0.2, 0.25) is 0 Å². The first-order chi connectivity index (χ1) is 17.7. The molecule has 5 unspecified atom stereocenters. The Hall–Kier alpha value is -4.24. The number of benzene rings is 1. The maximum Gasteiger partial charge on any atom is 0.326 e. The fourth-order valence-electron chi connectivity index (χ4n) is 3.21. The first-order valence-corrected chi connectivity index (χ1v) is 11.5. The van der Waals surface area contributed by atoms with E-state index in [0.717, 1.165) is 6.92 Å². The lowest BCUT2D eigenvalue weighted by Crippen LogP contribution is -2.60. The molecule has 1 aromatic rings. The van der Waals surface area contributed by atoms with Crippen LogP contribution < -0.4 is 21.7 Å². The topological polar surface area (TPSA) is 266 Å². The van der Waals surface area contributed by atoms with Crippen LogP contribution in [0.3, 0.4) is 0 Å². The molecule has 0 aromatic heterocycles. The van der Waals surface area contributed by atoms with Crippen LogP contribution >= 0.6 is 0 Å². The summed E-state index contributed by atoms with van der Waals surface area (Å²) in [6.45, 7) is 1.15. The number of hydrogen-bond acceptors (Lipinski definition) is 9. The van der Waals surface area contributed by atoms with Crippen LogP contribution in [0.15, 0.2) is 24.3 Å². The third-order valence-electron chi connectivity index (χ3n) is 5.34. The van der Waals surface area contributed by atoms with Gasteiger partial charge in [-0.1, -0.05) is 12.1 Å². The molecule has 3 amide bonds. The van der Waals surface area contributed by atoms with E-state index in [2.05, 4.69) is 16.0 Å². The summed E-state index contributed by atoms with van der Waals surface area (Å²) in [6.07, 6.45) is -3.41. The third kappa shape index (κ3) is 11.2. The normalized spacial score (nSPS) is 14.7. The number of carboxylic acids is 3. The number of carbonyl (C=O) groups excluding carboxylic acids is 3. The molecule has 1 aromatic carbocycles. The second kappa shape index (κ2) is 15.1. The number of hydrogen-bond donors (Lipinski definition) is 9. The minimum atomic E-state index is -1.65. The summed E-state index contributed by atoms with van der Waals surface area (Å²) in [7, 11) is 0. The summed E-state index contributed by atoms with van der Waals surface area (Å²) >= 11 is 0. The summed E-state index contributed by atoms with van der Waals surface area (Å²) < 4.78 is 0. The molecule has 0 aliphatic rings. The zero-order chi connectivity index (χ0) is 29.0. The molecule has 210 valence electrons. The lowest BCUT2D eigenvalue weighted by molar-refractivity contribution is -0.143. The minimum absolute atomic E-state index is 0.0521. The molecule has 0 spiro atoms. The van der Waals surface area contributed by atoms with Crippen LogP contribution in [-0.4, -0.2) is 91.4 Å². The monoisotopic (exact) mass is 540 g/mol. The molecule has 5 atom stereocenters. The number of carbonyl (C=O) groups is 6. The van der Waals surface area contributed by atoms with Crippen LogP contribution in [0.25, 0.3) is 0 Å². The highest BCUT2D eigenvalue weighted by molar-refractivity contribution is 5.94. The van der Waals surface area contributed by atoms with Gasteiger partial charge in [-0.25, -0.2) is 4.79 Å². The van der Waals surface area contributed by atoms with E-state index < -0.39 is 85.2 Å². The summed E-state index contributed by atoms with van der Waals surface area (Å²) in [5.74, 6) is -7.04. The molecular formula is C23H32N4O11. The van der Waals surface area contributed by atoms with Gasteiger partial charge in [-0.15, -0.1) is 0 Å². The van der Waals surface area contributed by atoms with Crippen LogP contribution in [-0.2, 0) is 35.2 Å². The SMILES string of the molecule is CC(O)C(NC(=O)C(N)CCC(=O)O)C(=O)NC(CCC(=O)O)C(=O)NC(Cc1ccc(O)cc1)C(=O)O. The van der Waals surface area contributed by atoms with Gasteiger partial charge in [0.1, 0.15) is 23.9 Å². The molecule has 0 saturated carbocycles. The van der Waals surface area contributed by atoms with Gasteiger partial charge in [0.25, 0.3) is 0 Å². The highest BCUT2D eigenvalue weighted by Crippen LogP contribution is 2.12. The van der Waals surface area contributed by atoms with Crippen molar-refractivity contribution in [3.05, 3.63) is 29.8 Å². The summed E-state index contributed by atoms with van der Waals surface area (Å²) in [5.41, 5.74) is 6.07. The van der Waals surface area contributed by atoms with Crippen LogP contribution in [0.4, 0.5) is 0 Å². The van der Waals surface area contributed by atoms with Crippen molar-refractivity contribution in [3.8, 4) is 5.75 Å². The smallest absolute Gasteiger partial charge is 0.326 e. The van der Waals surface area contributed by atoms with Crippen molar-refractivity contribution in [2.24, 2.45) is 5.73 Å². The molecular weight excluding hydrogens is 508 g/mol. The highest BCUT2D eigenvalue weighted by atomic mass is 16.4. The Labute approximate surface area is 217 Å². The Morgan fingerprint density at radius 1 is 0.789 bits per heavy atom. The second-order valence-electron chi connectivity index (χ2n) is 8.53. The van der Waals surface area contributed by atoms with E-state index in [4.69, 9.17) is 15.9 Å². The van der Waals surface area contributed by atoms with Gasteiger partial charge < -0.3 is 47.2 Å². The molecule has 0 heterocycles. The molecule has 10 N–H and O–H groups in total. The molecule has 38 heavy (non-hydrogen) atoms. The van der Waals surface area contributed by atoms with E-state index in [0.29, 0.717) is 5.56 Å². The number of nitrogens with one attached hydrogen (secondary N) is 3. The lowest BCUT2D eigenvalue weighted by atomic mass is 10.0. The van der Waals surface area contributed by atoms with Crippen LogP contribution in [0, 0.1) is 0 Å². The van der Waals surface area contributed by atoms with E-state index >= 15 is 0 Å². The van der Waals surface area contributed by atoms with Crippen molar-refractivity contribution < 1.29 is 54.3 Å². The van der Waals surface area contributed by atoms with Crippen LogP contribution in [0.1, 0.15) is 38.2 Å². The molecule has 15 heteroatoms. The lowest BCUT2D eigenvalue weighted by Gasteiger charge is -2.26. The molecule has 1 rings (SSSR count). The predicted octanol–water partition coefficient (Wildman–Crippen LogP) is -2.09. The zero-order valence-electron chi connectivity index (χ0n) is 20.5. The summed E-state index contributed by atoms with van der Waals surface area (Å²) in [4.78, 5) is 71.4. The molecule has 0 aliphatic heterocycles. The number of nitrogens with two attached hydrogens (primary N) is 1.